The predicted octanol–water partition coefficient (Wildman–Crippen LogP) is 0.362. The van der Waals surface area contributed by atoms with E-state index in [2.05, 4.69) is 25.5 Å². The number of nitrogens with one attached hydrogen (secondary N) is 2. The Labute approximate surface area is 129 Å². The predicted molar refractivity (Wildman–Crippen MR) is 81.1 cm³/mol. The number of amides is 2. The first-order chi connectivity index (χ1) is 10.7. The number of hydrogen-bond acceptors (Lipinski definition) is 5. The third-order valence-corrected chi connectivity index (χ3v) is 4.10. The molecule has 0 aliphatic carbocycles. The van der Waals surface area contributed by atoms with Crippen LogP contribution in [-0.4, -0.2) is 40.9 Å². The summed E-state index contributed by atoms with van der Waals surface area (Å²) in [4.78, 5) is 34.1. The molecule has 118 valence electrons. The van der Waals surface area contributed by atoms with E-state index >= 15 is 0 Å². The normalized spacial score (nSPS) is 21.5. The smallest absolute Gasteiger partial charge is 0.242 e. The van der Waals surface area contributed by atoms with Gasteiger partial charge in [-0.2, -0.15) is 0 Å². The van der Waals surface area contributed by atoms with Crippen molar-refractivity contribution in [3.8, 4) is 0 Å². The molecule has 2 saturated heterocycles. The highest BCUT2D eigenvalue weighted by atomic mass is 16.2. The average molecular weight is 303 g/mol. The van der Waals surface area contributed by atoms with Crippen LogP contribution in [0.5, 0.6) is 0 Å². The van der Waals surface area contributed by atoms with Gasteiger partial charge >= 0.3 is 0 Å². The minimum Gasteiger partial charge on any atom is -0.357 e. The first-order valence-corrected chi connectivity index (χ1v) is 7.86. The summed E-state index contributed by atoms with van der Waals surface area (Å²) in [6, 6.07) is 1.49. The molecule has 0 saturated carbocycles. The van der Waals surface area contributed by atoms with Crippen molar-refractivity contribution in [3.63, 3.8) is 0 Å². The molecule has 3 rings (SSSR count). The molecule has 0 unspecified atom stereocenters. The summed E-state index contributed by atoms with van der Waals surface area (Å²) < 4.78 is 0. The van der Waals surface area contributed by atoms with Crippen LogP contribution < -0.4 is 15.5 Å². The second kappa shape index (κ2) is 6.72. The van der Waals surface area contributed by atoms with Gasteiger partial charge in [0.15, 0.2) is 0 Å². The van der Waals surface area contributed by atoms with Gasteiger partial charge in [0.2, 0.25) is 11.8 Å². The largest absolute Gasteiger partial charge is 0.357 e. The zero-order valence-corrected chi connectivity index (χ0v) is 12.5. The zero-order chi connectivity index (χ0) is 15.4. The molecule has 7 nitrogen and oxygen atoms in total. The molecule has 1 aromatic heterocycles. The number of anilines is 1. The summed E-state index contributed by atoms with van der Waals surface area (Å²) >= 11 is 0. The number of carbonyl (C=O) groups is 2. The van der Waals surface area contributed by atoms with Gasteiger partial charge in [0.1, 0.15) is 17.7 Å². The Morgan fingerprint density at radius 3 is 2.91 bits per heavy atom. The van der Waals surface area contributed by atoms with Crippen LogP contribution in [-0.2, 0) is 16.1 Å². The van der Waals surface area contributed by atoms with Crippen LogP contribution in [0.1, 0.15) is 37.9 Å². The number of aromatic nitrogens is 2. The summed E-state index contributed by atoms with van der Waals surface area (Å²) in [5, 5.41) is 5.45. The fourth-order valence-electron chi connectivity index (χ4n) is 2.87. The van der Waals surface area contributed by atoms with Gasteiger partial charge in [0, 0.05) is 25.7 Å². The number of carbonyl (C=O) groups excluding carboxylic acids is 2. The Morgan fingerprint density at radius 1 is 1.36 bits per heavy atom. The van der Waals surface area contributed by atoms with Crippen LogP contribution in [0.25, 0.3) is 0 Å². The van der Waals surface area contributed by atoms with Crippen molar-refractivity contribution < 1.29 is 9.59 Å². The highest BCUT2D eigenvalue weighted by Crippen LogP contribution is 2.16. The summed E-state index contributed by atoms with van der Waals surface area (Å²) in [5.74, 6) is 1.29. The van der Waals surface area contributed by atoms with Crippen molar-refractivity contribution >= 4 is 17.6 Å². The van der Waals surface area contributed by atoms with Crippen molar-refractivity contribution in [2.24, 2.45) is 0 Å². The van der Waals surface area contributed by atoms with E-state index in [1.165, 1.54) is 19.3 Å². The monoisotopic (exact) mass is 303 g/mol. The van der Waals surface area contributed by atoms with Crippen LogP contribution in [0, 0.1) is 0 Å². The number of rotatable bonds is 4. The average Bonchev–Trinajstić information content (AvgIpc) is 3.00. The first-order valence-electron chi connectivity index (χ1n) is 7.86. The summed E-state index contributed by atoms with van der Waals surface area (Å²) in [7, 11) is 0. The van der Waals surface area contributed by atoms with Crippen LogP contribution in [0.3, 0.4) is 0 Å². The zero-order valence-electron chi connectivity index (χ0n) is 12.5. The lowest BCUT2D eigenvalue weighted by Crippen LogP contribution is -2.41. The van der Waals surface area contributed by atoms with Crippen molar-refractivity contribution in [1.82, 2.24) is 20.6 Å². The van der Waals surface area contributed by atoms with E-state index in [1.54, 1.807) is 6.20 Å². The Balaban J connectivity index is 1.56. The Kier molecular flexibility index (Phi) is 4.50. The van der Waals surface area contributed by atoms with Gasteiger partial charge in [0.25, 0.3) is 0 Å². The summed E-state index contributed by atoms with van der Waals surface area (Å²) in [6.07, 6.45) is 6.36. The second-order valence-electron chi connectivity index (χ2n) is 5.76. The Bertz CT molecular complexity index is 557. The molecule has 22 heavy (non-hydrogen) atoms. The molecule has 1 aromatic rings. The molecule has 0 radical (unpaired) electrons. The molecular formula is C15H21N5O2. The van der Waals surface area contributed by atoms with Crippen molar-refractivity contribution in [2.75, 3.05) is 18.0 Å². The molecule has 2 fully saturated rings. The minimum atomic E-state index is -0.419. The molecular weight excluding hydrogens is 282 g/mol. The van der Waals surface area contributed by atoms with Crippen LogP contribution in [0.15, 0.2) is 12.3 Å². The van der Waals surface area contributed by atoms with Gasteiger partial charge in [-0.15, -0.1) is 0 Å². The third kappa shape index (κ3) is 3.52. The lowest BCUT2D eigenvalue weighted by atomic mass is 10.1. The van der Waals surface area contributed by atoms with Gasteiger partial charge < -0.3 is 15.5 Å². The maximum absolute atomic E-state index is 12.0. The summed E-state index contributed by atoms with van der Waals surface area (Å²) in [5.41, 5.74) is 0. The van der Waals surface area contributed by atoms with Crippen molar-refractivity contribution in [2.45, 2.75) is 44.7 Å². The van der Waals surface area contributed by atoms with E-state index < -0.39 is 6.04 Å². The molecule has 2 aliphatic heterocycles. The molecule has 2 N–H and O–H groups in total. The van der Waals surface area contributed by atoms with Crippen LogP contribution >= 0.6 is 0 Å². The molecule has 0 spiro atoms. The van der Waals surface area contributed by atoms with E-state index in [4.69, 9.17) is 0 Å². The van der Waals surface area contributed by atoms with Gasteiger partial charge in [-0.05, 0) is 31.7 Å². The van der Waals surface area contributed by atoms with Gasteiger partial charge in [0.05, 0.1) is 6.54 Å². The molecule has 7 heteroatoms. The van der Waals surface area contributed by atoms with E-state index in [9.17, 15) is 9.59 Å². The molecule has 1 atom stereocenters. The van der Waals surface area contributed by atoms with E-state index in [0.717, 1.165) is 18.9 Å². The fraction of sp³-hybridized carbons (Fsp3) is 0.600. The van der Waals surface area contributed by atoms with Crippen LogP contribution in [0.4, 0.5) is 5.82 Å². The molecule has 3 heterocycles. The van der Waals surface area contributed by atoms with Gasteiger partial charge in [-0.25, -0.2) is 9.97 Å². The SMILES string of the molecule is O=C1CC[C@H](C(=O)NCc2nccc(N3CCCCC3)n2)N1. The van der Waals surface area contributed by atoms with Crippen molar-refractivity contribution in [3.05, 3.63) is 18.1 Å². The molecule has 0 bridgehead atoms. The lowest BCUT2D eigenvalue weighted by molar-refractivity contribution is -0.125. The molecule has 0 aromatic carbocycles. The number of nitrogens with zero attached hydrogens (tertiary/aromatic N) is 3. The van der Waals surface area contributed by atoms with Gasteiger partial charge in [-0.1, -0.05) is 0 Å². The lowest BCUT2D eigenvalue weighted by Gasteiger charge is -2.27. The highest BCUT2D eigenvalue weighted by Gasteiger charge is 2.26. The van der Waals surface area contributed by atoms with Crippen molar-refractivity contribution in [1.29, 1.82) is 0 Å². The third-order valence-electron chi connectivity index (χ3n) is 4.10. The van der Waals surface area contributed by atoms with E-state index in [1.807, 2.05) is 6.07 Å². The standard InChI is InChI=1S/C15H21N5O2/c21-14-5-4-11(18-14)15(22)17-10-12-16-7-6-13(19-12)20-8-2-1-3-9-20/h6-7,11H,1-5,8-10H2,(H,17,22)(H,18,21)/t11-/m1/s1. The quantitative estimate of drug-likeness (QED) is 0.839. The van der Waals surface area contributed by atoms with Gasteiger partial charge in [-0.3, -0.25) is 9.59 Å². The maximum Gasteiger partial charge on any atom is 0.242 e. The fourth-order valence-corrected chi connectivity index (χ4v) is 2.87. The number of hydrogen-bond donors (Lipinski definition) is 2. The first kappa shape index (κ1) is 14.7. The number of piperidine rings is 1. The molecule has 2 aliphatic rings. The highest BCUT2D eigenvalue weighted by molar-refractivity contribution is 5.90. The minimum absolute atomic E-state index is 0.0662. The molecule has 2 amide bonds. The maximum atomic E-state index is 12.0. The van der Waals surface area contributed by atoms with E-state index in [-0.39, 0.29) is 18.4 Å². The van der Waals surface area contributed by atoms with Crippen LogP contribution in [0.2, 0.25) is 0 Å². The Morgan fingerprint density at radius 2 is 2.18 bits per heavy atom. The second-order valence-corrected chi connectivity index (χ2v) is 5.76. The van der Waals surface area contributed by atoms with E-state index in [0.29, 0.717) is 18.7 Å². The summed E-state index contributed by atoms with van der Waals surface area (Å²) in [6.45, 7) is 2.33. The topological polar surface area (TPSA) is 87.2 Å². The Hall–Kier alpha value is -2.18.